The van der Waals surface area contributed by atoms with E-state index in [0.717, 1.165) is 44.6 Å². The maximum Gasteiger partial charge on any atom is 0.320 e. The SMILES string of the molecule is O=C(N1CCCC1)N1CCC(Oc2ccccc2)C1. The van der Waals surface area contributed by atoms with Crippen LogP contribution in [0, 0.1) is 0 Å². The van der Waals surface area contributed by atoms with Crippen LogP contribution in [0.15, 0.2) is 30.3 Å². The zero-order valence-electron chi connectivity index (χ0n) is 11.1. The summed E-state index contributed by atoms with van der Waals surface area (Å²) in [4.78, 5) is 16.1. The minimum atomic E-state index is 0.133. The van der Waals surface area contributed by atoms with Gasteiger partial charge in [-0.15, -0.1) is 0 Å². The van der Waals surface area contributed by atoms with Gasteiger partial charge in [0.25, 0.3) is 0 Å². The third-order valence-electron chi connectivity index (χ3n) is 3.84. The van der Waals surface area contributed by atoms with Crippen molar-refractivity contribution in [1.82, 2.24) is 9.80 Å². The quantitative estimate of drug-likeness (QED) is 0.817. The largest absolute Gasteiger partial charge is 0.489 e. The number of urea groups is 1. The third kappa shape index (κ3) is 2.83. The number of rotatable bonds is 2. The molecule has 3 rings (SSSR count). The van der Waals surface area contributed by atoms with Gasteiger partial charge in [0.15, 0.2) is 0 Å². The molecule has 0 bridgehead atoms. The number of hydrogen-bond acceptors (Lipinski definition) is 2. The molecule has 4 heteroatoms. The summed E-state index contributed by atoms with van der Waals surface area (Å²) in [5, 5.41) is 0. The fourth-order valence-corrected chi connectivity index (χ4v) is 2.80. The molecule has 0 spiro atoms. The van der Waals surface area contributed by atoms with E-state index >= 15 is 0 Å². The first-order valence-electron chi connectivity index (χ1n) is 7.08. The molecule has 2 aliphatic heterocycles. The van der Waals surface area contributed by atoms with E-state index in [1.165, 1.54) is 0 Å². The van der Waals surface area contributed by atoms with Crippen molar-refractivity contribution in [2.24, 2.45) is 0 Å². The summed E-state index contributed by atoms with van der Waals surface area (Å²) >= 11 is 0. The Morgan fingerprint density at radius 3 is 2.53 bits per heavy atom. The van der Waals surface area contributed by atoms with E-state index in [1.807, 2.05) is 40.1 Å². The summed E-state index contributed by atoms with van der Waals surface area (Å²) in [5.41, 5.74) is 0. The summed E-state index contributed by atoms with van der Waals surface area (Å²) in [6.07, 6.45) is 3.34. The van der Waals surface area contributed by atoms with E-state index in [2.05, 4.69) is 0 Å². The summed E-state index contributed by atoms with van der Waals surface area (Å²) in [7, 11) is 0. The number of likely N-dealkylation sites (tertiary alicyclic amines) is 2. The van der Waals surface area contributed by atoms with Gasteiger partial charge in [0, 0.05) is 26.1 Å². The number of amides is 2. The topological polar surface area (TPSA) is 32.8 Å². The Hall–Kier alpha value is -1.71. The van der Waals surface area contributed by atoms with Crippen LogP contribution in [0.25, 0.3) is 0 Å². The van der Waals surface area contributed by atoms with Crippen molar-refractivity contribution < 1.29 is 9.53 Å². The number of benzene rings is 1. The van der Waals surface area contributed by atoms with Gasteiger partial charge in [0.1, 0.15) is 11.9 Å². The highest BCUT2D eigenvalue weighted by Gasteiger charge is 2.31. The van der Waals surface area contributed by atoms with Crippen LogP contribution in [0.5, 0.6) is 5.75 Å². The first kappa shape index (κ1) is 12.3. The van der Waals surface area contributed by atoms with Gasteiger partial charge in [-0.1, -0.05) is 18.2 Å². The summed E-state index contributed by atoms with van der Waals surface area (Å²) in [6.45, 7) is 3.36. The first-order valence-corrected chi connectivity index (χ1v) is 7.08. The lowest BCUT2D eigenvalue weighted by molar-refractivity contribution is 0.160. The van der Waals surface area contributed by atoms with Crippen LogP contribution in [-0.4, -0.2) is 48.1 Å². The molecule has 0 aromatic heterocycles. The molecular formula is C15H20N2O2. The van der Waals surface area contributed by atoms with Gasteiger partial charge >= 0.3 is 6.03 Å². The van der Waals surface area contributed by atoms with Gasteiger partial charge in [0.05, 0.1) is 6.54 Å². The van der Waals surface area contributed by atoms with Gasteiger partial charge in [-0.05, 0) is 25.0 Å². The standard InChI is InChI=1S/C15H20N2O2/c18-15(16-9-4-5-10-16)17-11-8-14(12-17)19-13-6-2-1-3-7-13/h1-3,6-7,14H,4-5,8-12H2. The van der Waals surface area contributed by atoms with E-state index in [4.69, 9.17) is 4.74 Å². The lowest BCUT2D eigenvalue weighted by Crippen LogP contribution is -2.41. The minimum Gasteiger partial charge on any atom is -0.489 e. The predicted octanol–water partition coefficient (Wildman–Crippen LogP) is 2.36. The molecule has 1 aromatic carbocycles. The molecular weight excluding hydrogens is 240 g/mol. The number of para-hydroxylation sites is 1. The molecule has 4 nitrogen and oxygen atoms in total. The van der Waals surface area contributed by atoms with Crippen LogP contribution >= 0.6 is 0 Å². The Morgan fingerprint density at radius 2 is 1.79 bits per heavy atom. The fraction of sp³-hybridized carbons (Fsp3) is 0.533. The van der Waals surface area contributed by atoms with Gasteiger partial charge in [-0.25, -0.2) is 4.79 Å². The van der Waals surface area contributed by atoms with Gasteiger partial charge < -0.3 is 14.5 Å². The highest BCUT2D eigenvalue weighted by Crippen LogP contribution is 2.20. The van der Waals surface area contributed by atoms with Crippen molar-refractivity contribution in [3.63, 3.8) is 0 Å². The summed E-state index contributed by atoms with van der Waals surface area (Å²) in [6, 6.07) is 10.0. The second-order valence-electron chi connectivity index (χ2n) is 5.26. The molecule has 1 aromatic rings. The van der Waals surface area contributed by atoms with Crippen LogP contribution in [0.1, 0.15) is 19.3 Å². The third-order valence-corrected chi connectivity index (χ3v) is 3.84. The van der Waals surface area contributed by atoms with Crippen molar-refractivity contribution in [3.8, 4) is 5.75 Å². The van der Waals surface area contributed by atoms with E-state index < -0.39 is 0 Å². The van der Waals surface area contributed by atoms with Gasteiger partial charge in [-0.3, -0.25) is 0 Å². The number of nitrogens with zero attached hydrogens (tertiary/aromatic N) is 2. The fourth-order valence-electron chi connectivity index (χ4n) is 2.80. The molecule has 102 valence electrons. The maximum absolute atomic E-state index is 12.2. The molecule has 2 fully saturated rings. The van der Waals surface area contributed by atoms with Crippen LogP contribution < -0.4 is 4.74 Å². The lowest BCUT2D eigenvalue weighted by Gasteiger charge is -2.23. The predicted molar refractivity (Wildman–Crippen MR) is 73.3 cm³/mol. The zero-order chi connectivity index (χ0) is 13.1. The average molecular weight is 260 g/mol. The van der Waals surface area contributed by atoms with Crippen molar-refractivity contribution in [2.45, 2.75) is 25.4 Å². The molecule has 0 radical (unpaired) electrons. The molecule has 1 atom stereocenters. The molecule has 1 unspecified atom stereocenters. The smallest absolute Gasteiger partial charge is 0.320 e. The van der Waals surface area contributed by atoms with Crippen molar-refractivity contribution in [1.29, 1.82) is 0 Å². The first-order chi connectivity index (χ1) is 9.33. The number of carbonyl (C=O) groups is 1. The summed E-state index contributed by atoms with van der Waals surface area (Å²) in [5.74, 6) is 0.892. The number of ether oxygens (including phenoxy) is 1. The van der Waals surface area contributed by atoms with Crippen molar-refractivity contribution >= 4 is 6.03 Å². The molecule has 0 saturated carbocycles. The highest BCUT2D eigenvalue weighted by atomic mass is 16.5. The normalized spacial score (nSPS) is 22.8. The average Bonchev–Trinajstić information content (AvgIpc) is 3.10. The second-order valence-corrected chi connectivity index (χ2v) is 5.26. The van der Waals surface area contributed by atoms with E-state index in [1.54, 1.807) is 0 Å². The summed E-state index contributed by atoms with van der Waals surface area (Å²) < 4.78 is 5.91. The van der Waals surface area contributed by atoms with Crippen molar-refractivity contribution in [3.05, 3.63) is 30.3 Å². The van der Waals surface area contributed by atoms with Crippen LogP contribution in [0.2, 0.25) is 0 Å². The molecule has 0 N–H and O–H groups in total. The monoisotopic (exact) mass is 260 g/mol. The van der Waals surface area contributed by atoms with Gasteiger partial charge in [-0.2, -0.15) is 0 Å². The minimum absolute atomic E-state index is 0.133. The zero-order valence-corrected chi connectivity index (χ0v) is 11.1. The van der Waals surface area contributed by atoms with E-state index in [-0.39, 0.29) is 12.1 Å². The molecule has 19 heavy (non-hydrogen) atoms. The Morgan fingerprint density at radius 1 is 1.05 bits per heavy atom. The van der Waals surface area contributed by atoms with Crippen molar-refractivity contribution in [2.75, 3.05) is 26.2 Å². The second kappa shape index (κ2) is 5.51. The molecule has 0 aliphatic carbocycles. The van der Waals surface area contributed by atoms with Crippen LogP contribution in [0.4, 0.5) is 4.79 Å². The van der Waals surface area contributed by atoms with Gasteiger partial charge in [0.2, 0.25) is 0 Å². The number of carbonyl (C=O) groups excluding carboxylic acids is 1. The Bertz CT molecular complexity index is 429. The Labute approximate surface area is 113 Å². The Balaban J connectivity index is 1.53. The molecule has 2 saturated heterocycles. The van der Waals surface area contributed by atoms with E-state index in [0.29, 0.717) is 6.54 Å². The maximum atomic E-state index is 12.2. The lowest BCUT2D eigenvalue weighted by atomic mass is 10.3. The van der Waals surface area contributed by atoms with Crippen LogP contribution in [0.3, 0.4) is 0 Å². The molecule has 2 aliphatic rings. The highest BCUT2D eigenvalue weighted by molar-refractivity contribution is 5.75. The molecule has 2 heterocycles. The Kier molecular flexibility index (Phi) is 3.58. The van der Waals surface area contributed by atoms with Crippen LogP contribution in [-0.2, 0) is 0 Å². The van der Waals surface area contributed by atoms with E-state index in [9.17, 15) is 4.79 Å². The molecule has 2 amide bonds. The number of hydrogen-bond donors (Lipinski definition) is 0.